The summed E-state index contributed by atoms with van der Waals surface area (Å²) < 4.78 is 3.92. The maximum absolute atomic E-state index is 5.54. The molecule has 92 valence electrons. The van der Waals surface area contributed by atoms with Crippen LogP contribution in [0.2, 0.25) is 0 Å². The molecule has 0 aliphatic carbocycles. The second kappa shape index (κ2) is 6.27. The molecule has 5 nitrogen and oxygen atoms in total. The molecular formula is C9H13N5S3. The van der Waals surface area contributed by atoms with E-state index < -0.39 is 0 Å². The van der Waals surface area contributed by atoms with Gasteiger partial charge in [0.1, 0.15) is 5.82 Å². The minimum Gasteiger partial charge on any atom is -0.382 e. The molecule has 0 amide bonds. The Morgan fingerprint density at radius 1 is 1.41 bits per heavy atom. The van der Waals surface area contributed by atoms with Gasteiger partial charge in [0, 0.05) is 18.5 Å². The molecule has 0 fully saturated rings. The van der Waals surface area contributed by atoms with Crippen LogP contribution in [0, 0.1) is 0 Å². The van der Waals surface area contributed by atoms with Crippen LogP contribution in [0.4, 0.5) is 5.82 Å². The summed E-state index contributed by atoms with van der Waals surface area (Å²) >= 11 is 5.02. The van der Waals surface area contributed by atoms with Crippen LogP contribution in [-0.2, 0) is 6.54 Å². The number of hydrogen-bond acceptors (Lipinski definition) is 7. The van der Waals surface area contributed by atoms with Crippen molar-refractivity contribution in [1.82, 2.24) is 20.0 Å². The van der Waals surface area contributed by atoms with E-state index in [9.17, 15) is 0 Å². The molecule has 2 aromatic rings. The first-order valence-corrected chi connectivity index (χ1v) is 8.10. The van der Waals surface area contributed by atoms with Crippen LogP contribution >= 0.6 is 34.9 Å². The molecule has 0 aromatic carbocycles. The SMILES string of the molecule is CSc1nnc(SCCCn2ccc(N)n2)s1. The molecule has 0 saturated carbocycles. The van der Waals surface area contributed by atoms with Crippen molar-refractivity contribution in [3.05, 3.63) is 12.3 Å². The lowest BCUT2D eigenvalue weighted by molar-refractivity contribution is 0.608. The Morgan fingerprint density at radius 2 is 2.24 bits per heavy atom. The Hall–Kier alpha value is -0.730. The summed E-state index contributed by atoms with van der Waals surface area (Å²) in [4.78, 5) is 0. The second-order valence-corrected chi connectivity index (χ2v) is 6.62. The Balaban J connectivity index is 1.69. The van der Waals surface area contributed by atoms with Crippen LogP contribution in [-0.4, -0.2) is 32.0 Å². The van der Waals surface area contributed by atoms with E-state index in [1.165, 1.54) is 0 Å². The number of aryl methyl sites for hydroxylation is 1. The lowest BCUT2D eigenvalue weighted by Crippen LogP contribution is -2.00. The largest absolute Gasteiger partial charge is 0.382 e. The minimum absolute atomic E-state index is 0.575. The van der Waals surface area contributed by atoms with Gasteiger partial charge in [-0.3, -0.25) is 4.68 Å². The third-order valence-electron chi connectivity index (χ3n) is 1.98. The summed E-state index contributed by atoms with van der Waals surface area (Å²) in [5.74, 6) is 1.59. The van der Waals surface area contributed by atoms with Gasteiger partial charge in [0.05, 0.1) is 0 Å². The van der Waals surface area contributed by atoms with Gasteiger partial charge >= 0.3 is 0 Å². The first-order chi connectivity index (χ1) is 8.28. The van der Waals surface area contributed by atoms with Gasteiger partial charge in [-0.05, 0) is 18.7 Å². The number of rotatable bonds is 6. The fraction of sp³-hybridized carbons (Fsp3) is 0.444. The quantitative estimate of drug-likeness (QED) is 0.649. The Kier molecular flexibility index (Phi) is 4.69. The summed E-state index contributed by atoms with van der Waals surface area (Å²) in [6.45, 7) is 0.887. The van der Waals surface area contributed by atoms with E-state index >= 15 is 0 Å². The molecule has 8 heteroatoms. The van der Waals surface area contributed by atoms with Crippen molar-refractivity contribution < 1.29 is 0 Å². The summed E-state index contributed by atoms with van der Waals surface area (Å²) in [6.07, 6.45) is 4.95. The molecule has 0 aliphatic heterocycles. The van der Waals surface area contributed by atoms with Crippen molar-refractivity contribution in [2.24, 2.45) is 0 Å². The Labute approximate surface area is 112 Å². The zero-order chi connectivity index (χ0) is 12.1. The topological polar surface area (TPSA) is 69.6 Å². The van der Waals surface area contributed by atoms with E-state index in [1.807, 2.05) is 23.2 Å². The lowest BCUT2D eigenvalue weighted by atomic mass is 10.5. The van der Waals surface area contributed by atoms with Gasteiger partial charge in [0.15, 0.2) is 8.68 Å². The van der Waals surface area contributed by atoms with Crippen molar-refractivity contribution in [1.29, 1.82) is 0 Å². The minimum atomic E-state index is 0.575. The molecule has 2 N–H and O–H groups in total. The molecule has 0 atom stereocenters. The molecular weight excluding hydrogens is 274 g/mol. The van der Waals surface area contributed by atoms with Gasteiger partial charge in [0.25, 0.3) is 0 Å². The summed E-state index contributed by atoms with van der Waals surface area (Å²) in [7, 11) is 0. The maximum Gasteiger partial charge on any atom is 0.175 e. The van der Waals surface area contributed by atoms with Crippen LogP contribution in [0.5, 0.6) is 0 Å². The van der Waals surface area contributed by atoms with E-state index in [2.05, 4.69) is 15.3 Å². The van der Waals surface area contributed by atoms with Crippen LogP contribution in [0.3, 0.4) is 0 Å². The smallest absolute Gasteiger partial charge is 0.175 e. The third kappa shape index (κ3) is 3.90. The Bertz CT molecular complexity index is 467. The van der Waals surface area contributed by atoms with Gasteiger partial charge in [-0.15, -0.1) is 10.2 Å². The molecule has 2 rings (SSSR count). The predicted octanol–water partition coefficient (Wildman–Crippen LogP) is 2.22. The number of hydrogen-bond donors (Lipinski definition) is 1. The van der Waals surface area contributed by atoms with Crippen molar-refractivity contribution in [2.75, 3.05) is 17.7 Å². The van der Waals surface area contributed by atoms with Gasteiger partial charge in [-0.25, -0.2) is 0 Å². The van der Waals surface area contributed by atoms with E-state index in [-0.39, 0.29) is 0 Å². The zero-order valence-corrected chi connectivity index (χ0v) is 11.8. The van der Waals surface area contributed by atoms with Gasteiger partial charge in [0.2, 0.25) is 0 Å². The highest BCUT2D eigenvalue weighted by Gasteiger charge is 2.03. The van der Waals surface area contributed by atoms with E-state index in [0.717, 1.165) is 27.4 Å². The number of thioether (sulfide) groups is 2. The first kappa shape index (κ1) is 12.7. The summed E-state index contributed by atoms with van der Waals surface area (Å²) in [6, 6.07) is 1.81. The molecule has 0 bridgehead atoms. The van der Waals surface area contributed by atoms with Crippen molar-refractivity contribution in [3.63, 3.8) is 0 Å². The third-order valence-corrected chi connectivity index (χ3v) is 5.10. The summed E-state index contributed by atoms with van der Waals surface area (Å²) in [5, 5.41) is 12.3. The molecule has 0 saturated heterocycles. The molecule has 2 aromatic heterocycles. The van der Waals surface area contributed by atoms with E-state index in [4.69, 9.17) is 5.73 Å². The normalized spacial score (nSPS) is 10.9. The van der Waals surface area contributed by atoms with Crippen molar-refractivity contribution in [2.45, 2.75) is 21.6 Å². The highest BCUT2D eigenvalue weighted by atomic mass is 32.2. The average molecular weight is 287 g/mol. The Morgan fingerprint density at radius 3 is 2.88 bits per heavy atom. The maximum atomic E-state index is 5.54. The molecule has 0 unspecified atom stereocenters. The molecule has 0 aliphatic rings. The number of aromatic nitrogens is 4. The van der Waals surface area contributed by atoms with Crippen molar-refractivity contribution >= 4 is 40.7 Å². The van der Waals surface area contributed by atoms with Gasteiger partial charge < -0.3 is 5.73 Å². The fourth-order valence-electron chi connectivity index (χ4n) is 1.23. The number of nitrogens with two attached hydrogens (primary N) is 1. The van der Waals surface area contributed by atoms with E-state index in [0.29, 0.717) is 5.82 Å². The average Bonchev–Trinajstić information content (AvgIpc) is 2.93. The fourth-order valence-corrected chi connectivity index (χ4v) is 3.66. The molecule has 17 heavy (non-hydrogen) atoms. The number of anilines is 1. The lowest BCUT2D eigenvalue weighted by Gasteiger charge is -1.99. The van der Waals surface area contributed by atoms with Crippen molar-refractivity contribution in [3.8, 4) is 0 Å². The summed E-state index contributed by atoms with van der Waals surface area (Å²) in [5.41, 5.74) is 5.54. The predicted molar refractivity (Wildman–Crippen MR) is 73.7 cm³/mol. The van der Waals surface area contributed by atoms with Gasteiger partial charge in [-0.1, -0.05) is 34.9 Å². The van der Waals surface area contributed by atoms with Crippen LogP contribution in [0.15, 0.2) is 20.9 Å². The second-order valence-electron chi connectivity index (χ2n) is 3.24. The monoisotopic (exact) mass is 287 g/mol. The first-order valence-electron chi connectivity index (χ1n) is 5.07. The highest BCUT2D eigenvalue weighted by Crippen LogP contribution is 2.27. The highest BCUT2D eigenvalue weighted by molar-refractivity contribution is 8.02. The van der Waals surface area contributed by atoms with E-state index in [1.54, 1.807) is 34.9 Å². The zero-order valence-electron chi connectivity index (χ0n) is 9.37. The number of nitrogens with zero attached hydrogens (tertiary/aromatic N) is 4. The van der Waals surface area contributed by atoms with Gasteiger partial charge in [-0.2, -0.15) is 5.10 Å². The standard InChI is InChI=1S/C9H13N5S3/c1-15-8-11-12-9(17-8)16-6-2-4-14-5-3-7(10)13-14/h3,5H,2,4,6H2,1H3,(H2,10,13). The molecule has 0 spiro atoms. The van der Waals surface area contributed by atoms with Crippen LogP contribution in [0.25, 0.3) is 0 Å². The molecule has 0 radical (unpaired) electrons. The number of nitrogen functional groups attached to an aromatic ring is 1. The van der Waals surface area contributed by atoms with Crippen LogP contribution in [0.1, 0.15) is 6.42 Å². The van der Waals surface area contributed by atoms with Crippen LogP contribution < -0.4 is 5.73 Å². The molecule has 2 heterocycles.